The molecule has 1 atom stereocenters. The van der Waals surface area contributed by atoms with Crippen LogP contribution < -0.4 is 14.2 Å². The molecule has 0 spiro atoms. The molecule has 3 rings (SSSR count). The average molecular weight is 381 g/mol. The number of nitrogens with zero attached hydrogens (tertiary/aromatic N) is 1. The summed E-state index contributed by atoms with van der Waals surface area (Å²) in [5, 5.41) is 17.9. The van der Waals surface area contributed by atoms with Gasteiger partial charge in [-0.05, 0) is 54.2 Å². The zero-order chi connectivity index (χ0) is 19.9. The molecule has 28 heavy (non-hydrogen) atoms. The van der Waals surface area contributed by atoms with Crippen LogP contribution in [-0.4, -0.2) is 31.4 Å². The summed E-state index contributed by atoms with van der Waals surface area (Å²) in [6.07, 6.45) is 2.66. The maximum Gasteiger partial charge on any atom is 0.303 e. The van der Waals surface area contributed by atoms with Crippen molar-refractivity contribution in [2.45, 2.75) is 31.6 Å². The normalized spacial score (nSPS) is 14.8. The number of nitriles is 1. The molecule has 0 fully saturated rings. The summed E-state index contributed by atoms with van der Waals surface area (Å²) in [7, 11) is 1.54. The number of aliphatic carboxylic acids is 1. The van der Waals surface area contributed by atoms with Crippen LogP contribution in [0.4, 0.5) is 0 Å². The predicted molar refractivity (Wildman–Crippen MR) is 103 cm³/mol. The van der Waals surface area contributed by atoms with E-state index in [0.29, 0.717) is 36.7 Å². The van der Waals surface area contributed by atoms with Gasteiger partial charge in [-0.2, -0.15) is 5.26 Å². The lowest BCUT2D eigenvalue weighted by Gasteiger charge is -2.12. The van der Waals surface area contributed by atoms with E-state index in [9.17, 15) is 4.79 Å². The van der Waals surface area contributed by atoms with Crippen LogP contribution in [0.15, 0.2) is 36.4 Å². The summed E-state index contributed by atoms with van der Waals surface area (Å²) in [5.41, 5.74) is 2.84. The van der Waals surface area contributed by atoms with Crippen molar-refractivity contribution in [2.75, 3.05) is 20.3 Å². The van der Waals surface area contributed by atoms with Crippen LogP contribution in [0.5, 0.6) is 17.2 Å². The second-order valence-corrected chi connectivity index (χ2v) is 6.72. The van der Waals surface area contributed by atoms with Crippen LogP contribution >= 0.6 is 0 Å². The van der Waals surface area contributed by atoms with Gasteiger partial charge in [-0.1, -0.05) is 6.07 Å². The lowest BCUT2D eigenvalue weighted by molar-refractivity contribution is -0.137. The van der Waals surface area contributed by atoms with Gasteiger partial charge in [0.2, 0.25) is 0 Å². The number of rotatable bonds is 9. The third kappa shape index (κ3) is 4.74. The van der Waals surface area contributed by atoms with Crippen LogP contribution in [-0.2, 0) is 11.2 Å². The van der Waals surface area contributed by atoms with Gasteiger partial charge in [0.05, 0.1) is 38.4 Å². The Morgan fingerprint density at radius 2 is 2.00 bits per heavy atom. The van der Waals surface area contributed by atoms with Gasteiger partial charge in [0.25, 0.3) is 0 Å². The first-order valence-electron chi connectivity index (χ1n) is 9.29. The second-order valence-electron chi connectivity index (χ2n) is 6.72. The lowest BCUT2D eigenvalue weighted by Crippen LogP contribution is -2.06. The highest BCUT2D eigenvalue weighted by molar-refractivity contribution is 5.68. The summed E-state index contributed by atoms with van der Waals surface area (Å²) in [4.78, 5) is 11.0. The maximum atomic E-state index is 11.0. The number of hydrogen-bond acceptors (Lipinski definition) is 5. The van der Waals surface area contributed by atoms with E-state index in [4.69, 9.17) is 24.6 Å². The molecule has 0 bridgehead atoms. The van der Waals surface area contributed by atoms with Crippen molar-refractivity contribution in [3.05, 3.63) is 53.1 Å². The standard InChI is InChI=1S/C22H23NO5/c1-26-21-11-15(14-23)3-8-20(21)28-10-2-9-27-18-6-7-19-16(12-18)4-5-17(19)13-22(24)25/h3,6-8,11-12,17H,2,4-5,9-10,13H2,1H3,(H,24,25)/t17-/m0/s1. The van der Waals surface area contributed by atoms with Gasteiger partial charge in [0, 0.05) is 12.5 Å². The molecule has 6 nitrogen and oxygen atoms in total. The van der Waals surface area contributed by atoms with E-state index >= 15 is 0 Å². The summed E-state index contributed by atoms with van der Waals surface area (Å²) in [6, 6.07) is 13.0. The Morgan fingerprint density at radius 3 is 2.75 bits per heavy atom. The Bertz CT molecular complexity index is 887. The van der Waals surface area contributed by atoms with Crippen molar-refractivity contribution in [2.24, 2.45) is 0 Å². The van der Waals surface area contributed by atoms with Gasteiger partial charge < -0.3 is 19.3 Å². The van der Waals surface area contributed by atoms with Crippen molar-refractivity contribution < 1.29 is 24.1 Å². The number of hydrogen-bond donors (Lipinski definition) is 1. The smallest absolute Gasteiger partial charge is 0.303 e. The Balaban J connectivity index is 1.46. The molecule has 6 heteroatoms. The molecule has 0 amide bonds. The van der Waals surface area contributed by atoms with E-state index in [-0.39, 0.29) is 12.3 Å². The molecule has 1 aliphatic carbocycles. The number of methoxy groups -OCH3 is 1. The molecular formula is C22H23NO5. The van der Waals surface area contributed by atoms with Crippen molar-refractivity contribution in [1.82, 2.24) is 0 Å². The monoisotopic (exact) mass is 381 g/mol. The van der Waals surface area contributed by atoms with Crippen LogP contribution in [0.1, 0.15) is 41.9 Å². The highest BCUT2D eigenvalue weighted by Gasteiger charge is 2.24. The largest absolute Gasteiger partial charge is 0.493 e. The lowest BCUT2D eigenvalue weighted by atomic mass is 9.98. The summed E-state index contributed by atoms with van der Waals surface area (Å²) in [5.74, 6) is 1.29. The van der Waals surface area contributed by atoms with Gasteiger partial charge in [0.1, 0.15) is 5.75 Å². The van der Waals surface area contributed by atoms with Crippen LogP contribution in [0.3, 0.4) is 0 Å². The van der Waals surface area contributed by atoms with E-state index < -0.39 is 5.97 Å². The molecule has 146 valence electrons. The maximum absolute atomic E-state index is 11.0. The van der Waals surface area contributed by atoms with Crippen molar-refractivity contribution in [3.8, 4) is 23.3 Å². The first kappa shape index (κ1) is 19.6. The van der Waals surface area contributed by atoms with Crippen LogP contribution in [0.2, 0.25) is 0 Å². The first-order valence-corrected chi connectivity index (χ1v) is 9.29. The molecule has 2 aromatic carbocycles. The minimum atomic E-state index is -0.753. The van der Waals surface area contributed by atoms with E-state index in [1.165, 1.54) is 5.56 Å². The summed E-state index contributed by atoms with van der Waals surface area (Å²) < 4.78 is 16.8. The molecule has 0 saturated heterocycles. The molecule has 0 radical (unpaired) electrons. The number of carboxylic acid groups (broad SMARTS) is 1. The third-order valence-corrected chi connectivity index (χ3v) is 4.85. The fourth-order valence-electron chi connectivity index (χ4n) is 3.48. The zero-order valence-corrected chi connectivity index (χ0v) is 15.8. The Hall–Kier alpha value is -3.20. The minimum absolute atomic E-state index is 0.109. The Morgan fingerprint density at radius 1 is 1.18 bits per heavy atom. The second kappa shape index (κ2) is 9.14. The van der Waals surface area contributed by atoms with Gasteiger partial charge in [-0.25, -0.2) is 0 Å². The van der Waals surface area contributed by atoms with E-state index in [0.717, 1.165) is 24.2 Å². The highest BCUT2D eigenvalue weighted by Crippen LogP contribution is 2.37. The van der Waals surface area contributed by atoms with Crippen LogP contribution in [0.25, 0.3) is 0 Å². The molecular weight excluding hydrogens is 358 g/mol. The van der Waals surface area contributed by atoms with Gasteiger partial charge >= 0.3 is 5.97 Å². The summed E-state index contributed by atoms with van der Waals surface area (Å²) in [6.45, 7) is 0.976. The quantitative estimate of drug-likeness (QED) is 0.662. The van der Waals surface area contributed by atoms with E-state index in [1.54, 1.807) is 25.3 Å². The fraction of sp³-hybridized carbons (Fsp3) is 0.364. The molecule has 0 aromatic heterocycles. The molecule has 0 aliphatic heterocycles. The first-order chi connectivity index (χ1) is 13.6. The molecule has 0 heterocycles. The number of fused-ring (bicyclic) bond motifs is 1. The van der Waals surface area contributed by atoms with Crippen molar-refractivity contribution in [1.29, 1.82) is 5.26 Å². The minimum Gasteiger partial charge on any atom is -0.493 e. The molecule has 0 unspecified atom stereocenters. The SMILES string of the molecule is COc1cc(C#N)ccc1OCCCOc1ccc2c(c1)CC[C@H]2CC(=O)O. The van der Waals surface area contributed by atoms with Crippen LogP contribution in [0, 0.1) is 11.3 Å². The highest BCUT2D eigenvalue weighted by atomic mass is 16.5. The van der Waals surface area contributed by atoms with Gasteiger partial charge in [-0.15, -0.1) is 0 Å². The van der Waals surface area contributed by atoms with Crippen molar-refractivity contribution in [3.63, 3.8) is 0 Å². The van der Waals surface area contributed by atoms with Gasteiger partial charge in [0.15, 0.2) is 11.5 Å². The topological polar surface area (TPSA) is 88.8 Å². The predicted octanol–water partition coefficient (Wildman–Crippen LogP) is 3.92. The number of benzene rings is 2. The number of carboxylic acids is 1. The fourth-order valence-corrected chi connectivity index (χ4v) is 3.48. The zero-order valence-electron chi connectivity index (χ0n) is 15.8. The van der Waals surface area contributed by atoms with E-state index in [2.05, 4.69) is 6.07 Å². The molecule has 0 saturated carbocycles. The molecule has 1 N–H and O–H groups in total. The number of aryl methyl sites for hydroxylation is 1. The van der Waals surface area contributed by atoms with Crippen molar-refractivity contribution >= 4 is 5.97 Å². The average Bonchev–Trinajstić information content (AvgIpc) is 3.09. The Labute approximate surface area is 164 Å². The Kier molecular flexibility index (Phi) is 6.38. The van der Waals surface area contributed by atoms with E-state index in [1.807, 2.05) is 18.2 Å². The molecule has 2 aromatic rings. The third-order valence-electron chi connectivity index (χ3n) is 4.85. The molecule has 1 aliphatic rings. The summed E-state index contributed by atoms with van der Waals surface area (Å²) >= 11 is 0. The number of carbonyl (C=O) groups is 1. The number of ether oxygens (including phenoxy) is 3. The van der Waals surface area contributed by atoms with Gasteiger partial charge in [-0.3, -0.25) is 4.79 Å².